The van der Waals surface area contributed by atoms with Crippen LogP contribution in [0.15, 0.2) is 48.8 Å². The summed E-state index contributed by atoms with van der Waals surface area (Å²) < 4.78 is 45.6. The number of hydrogen-bond acceptors (Lipinski definition) is 3. The van der Waals surface area contributed by atoms with Gasteiger partial charge in [-0.15, -0.1) is 0 Å². The number of pyridine rings is 1. The highest BCUT2D eigenvalue weighted by Gasteiger charge is 2.34. The lowest BCUT2D eigenvalue weighted by Crippen LogP contribution is -2.08. The molecule has 0 aliphatic carbocycles. The number of anilines is 1. The number of fused-ring (bicyclic) bond motifs is 1. The number of hydrogen-bond donors (Lipinski definition) is 1. The van der Waals surface area contributed by atoms with Gasteiger partial charge in [0.15, 0.2) is 0 Å². The molecule has 3 aromatic rings. The van der Waals surface area contributed by atoms with Crippen LogP contribution in [0.25, 0.3) is 5.65 Å². The van der Waals surface area contributed by atoms with Gasteiger partial charge in [-0.05, 0) is 24.3 Å². The number of nitrogens with zero attached hydrogens (tertiary/aromatic N) is 2. The van der Waals surface area contributed by atoms with E-state index in [9.17, 15) is 13.2 Å². The van der Waals surface area contributed by atoms with E-state index in [4.69, 9.17) is 10.5 Å². The standard InChI is InChI=1S/C15H12F3N3O/c16-15(17,18)12-3-1-2-4-13(12)22-9-11-8-21-7-10(19)5-6-14(21)20-11/h1-8H,9,19H2. The van der Waals surface area contributed by atoms with Crippen molar-refractivity contribution in [2.45, 2.75) is 12.8 Å². The Morgan fingerprint density at radius 3 is 2.64 bits per heavy atom. The molecule has 0 spiro atoms. The number of nitrogen functional groups attached to an aromatic ring is 1. The van der Waals surface area contributed by atoms with Crippen molar-refractivity contribution in [3.05, 3.63) is 60.0 Å². The molecule has 4 nitrogen and oxygen atoms in total. The van der Waals surface area contributed by atoms with Gasteiger partial charge < -0.3 is 14.9 Å². The Kier molecular flexibility index (Phi) is 3.40. The lowest BCUT2D eigenvalue weighted by Gasteiger charge is -2.12. The van der Waals surface area contributed by atoms with Crippen LogP contribution in [0.2, 0.25) is 0 Å². The number of nitrogens with two attached hydrogens (primary N) is 1. The van der Waals surface area contributed by atoms with Crippen LogP contribution in [-0.2, 0) is 12.8 Å². The van der Waals surface area contributed by atoms with E-state index in [-0.39, 0.29) is 12.4 Å². The zero-order valence-electron chi connectivity index (χ0n) is 11.3. The molecule has 0 aliphatic heterocycles. The topological polar surface area (TPSA) is 52.5 Å². The predicted octanol–water partition coefficient (Wildman–Crippen LogP) is 3.51. The third-order valence-electron chi connectivity index (χ3n) is 3.09. The Labute approximate surface area is 124 Å². The molecular formula is C15H12F3N3O. The summed E-state index contributed by atoms with van der Waals surface area (Å²) in [4.78, 5) is 4.26. The molecule has 0 atom stereocenters. The molecule has 2 N–H and O–H groups in total. The Hall–Kier alpha value is -2.70. The lowest BCUT2D eigenvalue weighted by molar-refractivity contribution is -0.139. The minimum Gasteiger partial charge on any atom is -0.487 e. The third kappa shape index (κ3) is 2.83. The van der Waals surface area contributed by atoms with E-state index in [1.54, 1.807) is 28.9 Å². The summed E-state index contributed by atoms with van der Waals surface area (Å²) in [6, 6.07) is 8.52. The molecule has 0 saturated heterocycles. The van der Waals surface area contributed by atoms with Gasteiger partial charge in [-0.3, -0.25) is 0 Å². The highest BCUT2D eigenvalue weighted by molar-refractivity contribution is 5.48. The lowest BCUT2D eigenvalue weighted by atomic mass is 10.2. The van der Waals surface area contributed by atoms with E-state index >= 15 is 0 Å². The normalized spacial score (nSPS) is 11.8. The molecule has 0 amide bonds. The average Bonchev–Trinajstić information content (AvgIpc) is 2.86. The summed E-state index contributed by atoms with van der Waals surface area (Å²) in [5, 5.41) is 0. The first-order valence-corrected chi connectivity index (χ1v) is 6.45. The second-order valence-corrected chi connectivity index (χ2v) is 4.74. The molecule has 0 aliphatic rings. The van der Waals surface area contributed by atoms with Crippen molar-refractivity contribution >= 4 is 11.3 Å². The number of aromatic nitrogens is 2. The number of imidazole rings is 1. The molecule has 3 rings (SSSR count). The van der Waals surface area contributed by atoms with Crippen LogP contribution in [0, 0.1) is 0 Å². The number of benzene rings is 1. The fourth-order valence-corrected chi connectivity index (χ4v) is 2.11. The van der Waals surface area contributed by atoms with Gasteiger partial charge in [-0.2, -0.15) is 13.2 Å². The number of ether oxygens (including phenoxy) is 1. The van der Waals surface area contributed by atoms with E-state index in [1.807, 2.05) is 0 Å². The van der Waals surface area contributed by atoms with Crippen molar-refractivity contribution < 1.29 is 17.9 Å². The first-order chi connectivity index (χ1) is 10.4. The largest absolute Gasteiger partial charge is 0.487 e. The second-order valence-electron chi connectivity index (χ2n) is 4.74. The first kappa shape index (κ1) is 14.2. The van der Waals surface area contributed by atoms with Gasteiger partial charge in [0, 0.05) is 18.1 Å². The third-order valence-corrected chi connectivity index (χ3v) is 3.09. The van der Waals surface area contributed by atoms with Crippen LogP contribution in [-0.4, -0.2) is 9.38 Å². The molecule has 7 heteroatoms. The molecule has 0 bridgehead atoms. The molecule has 0 fully saturated rings. The van der Waals surface area contributed by atoms with Gasteiger partial charge >= 0.3 is 6.18 Å². The summed E-state index contributed by atoms with van der Waals surface area (Å²) in [6.45, 7) is -0.0608. The van der Waals surface area contributed by atoms with E-state index in [1.165, 1.54) is 18.2 Å². The maximum atomic E-state index is 12.9. The van der Waals surface area contributed by atoms with Crippen molar-refractivity contribution in [1.82, 2.24) is 9.38 Å². The smallest absolute Gasteiger partial charge is 0.419 e. The highest BCUT2D eigenvalue weighted by atomic mass is 19.4. The quantitative estimate of drug-likeness (QED) is 0.805. The van der Waals surface area contributed by atoms with Gasteiger partial charge in [0.25, 0.3) is 0 Å². The van der Waals surface area contributed by atoms with Crippen LogP contribution in [0.1, 0.15) is 11.3 Å². The maximum absolute atomic E-state index is 12.9. The fraction of sp³-hybridized carbons (Fsp3) is 0.133. The summed E-state index contributed by atoms with van der Waals surface area (Å²) in [7, 11) is 0. The predicted molar refractivity (Wildman–Crippen MR) is 75.4 cm³/mol. The Bertz CT molecular complexity index is 811. The number of rotatable bonds is 3. The molecule has 2 aromatic heterocycles. The number of alkyl halides is 3. The first-order valence-electron chi connectivity index (χ1n) is 6.45. The molecular weight excluding hydrogens is 295 g/mol. The summed E-state index contributed by atoms with van der Waals surface area (Å²) in [6.07, 6.45) is -1.11. The van der Waals surface area contributed by atoms with Crippen molar-refractivity contribution in [1.29, 1.82) is 0 Å². The van der Waals surface area contributed by atoms with Crippen molar-refractivity contribution in [3.8, 4) is 5.75 Å². The zero-order chi connectivity index (χ0) is 15.7. The molecule has 114 valence electrons. The molecule has 2 heterocycles. The van der Waals surface area contributed by atoms with Crippen LogP contribution in [0.5, 0.6) is 5.75 Å². The zero-order valence-corrected chi connectivity index (χ0v) is 11.3. The van der Waals surface area contributed by atoms with Crippen LogP contribution in [0.4, 0.5) is 18.9 Å². The second kappa shape index (κ2) is 5.25. The average molecular weight is 307 g/mol. The van der Waals surface area contributed by atoms with Gasteiger partial charge in [-0.1, -0.05) is 12.1 Å². The Morgan fingerprint density at radius 2 is 1.86 bits per heavy atom. The molecule has 0 saturated carbocycles. The monoisotopic (exact) mass is 307 g/mol. The van der Waals surface area contributed by atoms with E-state index in [0.29, 0.717) is 17.0 Å². The van der Waals surface area contributed by atoms with E-state index in [2.05, 4.69) is 4.98 Å². The molecule has 22 heavy (non-hydrogen) atoms. The van der Waals surface area contributed by atoms with Gasteiger partial charge in [0.05, 0.1) is 11.3 Å². The summed E-state index contributed by atoms with van der Waals surface area (Å²) in [5.41, 5.74) is 6.59. The van der Waals surface area contributed by atoms with E-state index in [0.717, 1.165) is 6.07 Å². The summed E-state index contributed by atoms with van der Waals surface area (Å²) in [5.74, 6) is -0.216. The van der Waals surface area contributed by atoms with E-state index < -0.39 is 11.7 Å². The van der Waals surface area contributed by atoms with Crippen molar-refractivity contribution in [2.75, 3.05) is 5.73 Å². The fourth-order valence-electron chi connectivity index (χ4n) is 2.11. The number of halogens is 3. The van der Waals surface area contributed by atoms with Crippen LogP contribution < -0.4 is 10.5 Å². The van der Waals surface area contributed by atoms with Crippen molar-refractivity contribution in [2.24, 2.45) is 0 Å². The number of para-hydroxylation sites is 1. The van der Waals surface area contributed by atoms with Crippen LogP contribution >= 0.6 is 0 Å². The molecule has 0 unspecified atom stereocenters. The molecule has 0 radical (unpaired) electrons. The Balaban J connectivity index is 1.82. The highest BCUT2D eigenvalue weighted by Crippen LogP contribution is 2.36. The van der Waals surface area contributed by atoms with Gasteiger partial charge in [-0.25, -0.2) is 4.98 Å². The van der Waals surface area contributed by atoms with Crippen molar-refractivity contribution in [3.63, 3.8) is 0 Å². The van der Waals surface area contributed by atoms with Gasteiger partial charge in [0.1, 0.15) is 18.0 Å². The minimum absolute atomic E-state index is 0.0608. The SMILES string of the molecule is Nc1ccc2nc(COc3ccccc3C(F)(F)F)cn2c1. The van der Waals surface area contributed by atoms with Gasteiger partial charge in [0.2, 0.25) is 0 Å². The summed E-state index contributed by atoms with van der Waals surface area (Å²) >= 11 is 0. The maximum Gasteiger partial charge on any atom is 0.419 e. The molecule has 1 aromatic carbocycles. The minimum atomic E-state index is -4.45. The Morgan fingerprint density at radius 1 is 1.09 bits per heavy atom. The van der Waals surface area contributed by atoms with Crippen LogP contribution in [0.3, 0.4) is 0 Å².